The van der Waals surface area contributed by atoms with E-state index < -0.39 is 0 Å². The minimum atomic E-state index is -0.0752. The number of rotatable bonds is 5. The highest BCUT2D eigenvalue weighted by molar-refractivity contribution is 5.90. The predicted octanol–water partition coefficient (Wildman–Crippen LogP) is 1.35. The highest BCUT2D eigenvalue weighted by Crippen LogP contribution is 2.28. The molecule has 2 unspecified atom stereocenters. The van der Waals surface area contributed by atoms with Crippen molar-refractivity contribution in [1.29, 1.82) is 0 Å². The van der Waals surface area contributed by atoms with E-state index in [4.69, 9.17) is 5.73 Å². The summed E-state index contributed by atoms with van der Waals surface area (Å²) < 4.78 is 0. The third-order valence-electron chi connectivity index (χ3n) is 4.23. The van der Waals surface area contributed by atoms with E-state index in [9.17, 15) is 4.79 Å². The lowest BCUT2D eigenvalue weighted by Gasteiger charge is -2.38. The number of carbonyl (C=O) groups excluding carboxylic acids is 1. The first-order valence-corrected chi connectivity index (χ1v) is 7.63. The number of carbonyl (C=O) groups is 1. The molecule has 1 fully saturated rings. The van der Waals surface area contributed by atoms with Crippen LogP contribution in [0.4, 0.5) is 0 Å². The third-order valence-corrected chi connectivity index (χ3v) is 4.23. The number of nitrogens with two attached hydrogens (primary N) is 1. The largest absolute Gasteiger partial charge is 0.333 e. The summed E-state index contributed by atoms with van der Waals surface area (Å²) >= 11 is 0. The summed E-state index contributed by atoms with van der Waals surface area (Å²) in [7, 11) is 0. The van der Waals surface area contributed by atoms with Gasteiger partial charge in [-0.25, -0.2) is 4.98 Å². The highest BCUT2D eigenvalue weighted by Gasteiger charge is 2.33. The molecule has 1 aliphatic rings. The van der Waals surface area contributed by atoms with Crippen molar-refractivity contribution in [2.45, 2.75) is 52.0 Å². The van der Waals surface area contributed by atoms with E-state index in [1.807, 2.05) is 18.7 Å². The summed E-state index contributed by atoms with van der Waals surface area (Å²) in [6.07, 6.45) is 5.27. The van der Waals surface area contributed by atoms with E-state index in [1.54, 1.807) is 0 Å². The predicted molar refractivity (Wildman–Crippen MR) is 77.3 cm³/mol. The van der Waals surface area contributed by atoms with Crippen LogP contribution in [0.2, 0.25) is 0 Å². The molecule has 0 saturated heterocycles. The van der Waals surface area contributed by atoms with Gasteiger partial charge in [-0.1, -0.05) is 19.8 Å². The number of nitrogens with zero attached hydrogens (tertiary/aromatic N) is 3. The molecule has 20 heavy (non-hydrogen) atoms. The number of amides is 1. The molecule has 1 heterocycles. The second-order valence-electron chi connectivity index (χ2n) is 5.40. The molecule has 112 valence electrons. The number of nitrogens with one attached hydrogen (secondary N) is 1. The minimum Gasteiger partial charge on any atom is -0.333 e. The van der Waals surface area contributed by atoms with E-state index in [1.165, 1.54) is 12.8 Å². The van der Waals surface area contributed by atoms with Crippen LogP contribution in [-0.2, 0) is 6.42 Å². The fourth-order valence-electron chi connectivity index (χ4n) is 3.08. The zero-order valence-corrected chi connectivity index (χ0v) is 12.4. The average Bonchev–Trinajstić information content (AvgIpc) is 2.97. The van der Waals surface area contributed by atoms with E-state index in [2.05, 4.69) is 15.2 Å². The molecule has 0 aliphatic heterocycles. The van der Waals surface area contributed by atoms with Gasteiger partial charge in [0.2, 0.25) is 5.82 Å². The van der Waals surface area contributed by atoms with Gasteiger partial charge in [-0.2, -0.15) is 0 Å². The summed E-state index contributed by atoms with van der Waals surface area (Å²) in [6.45, 7) is 5.31. The van der Waals surface area contributed by atoms with Crippen LogP contribution in [0.3, 0.4) is 0 Å². The number of aromatic nitrogens is 3. The highest BCUT2D eigenvalue weighted by atomic mass is 16.2. The maximum Gasteiger partial charge on any atom is 0.293 e. The lowest BCUT2D eigenvalue weighted by atomic mass is 9.83. The Bertz CT molecular complexity index is 445. The van der Waals surface area contributed by atoms with Crippen LogP contribution >= 0.6 is 0 Å². The van der Waals surface area contributed by atoms with E-state index in [-0.39, 0.29) is 17.8 Å². The van der Waals surface area contributed by atoms with Crippen molar-refractivity contribution in [1.82, 2.24) is 20.1 Å². The van der Waals surface area contributed by atoms with Crippen molar-refractivity contribution in [2.24, 2.45) is 11.7 Å². The summed E-state index contributed by atoms with van der Waals surface area (Å²) in [5, 5.41) is 6.85. The summed E-state index contributed by atoms with van der Waals surface area (Å²) in [4.78, 5) is 18.8. The average molecular weight is 279 g/mol. The maximum absolute atomic E-state index is 12.6. The number of hydrogen-bond donors (Lipinski definition) is 2. The van der Waals surface area contributed by atoms with Gasteiger partial charge in [0.15, 0.2) is 0 Å². The fourth-order valence-corrected chi connectivity index (χ4v) is 3.08. The third kappa shape index (κ3) is 3.00. The van der Waals surface area contributed by atoms with Gasteiger partial charge in [-0.3, -0.25) is 9.89 Å². The fraction of sp³-hybridized carbons (Fsp3) is 0.786. The molecule has 1 aromatic heterocycles. The Balaban J connectivity index is 2.15. The second kappa shape index (κ2) is 6.83. The van der Waals surface area contributed by atoms with Gasteiger partial charge in [0.1, 0.15) is 5.82 Å². The van der Waals surface area contributed by atoms with Crippen LogP contribution in [0.15, 0.2) is 0 Å². The first kappa shape index (κ1) is 15.0. The zero-order valence-electron chi connectivity index (χ0n) is 12.4. The normalized spacial score (nSPS) is 22.8. The molecular formula is C14H25N5O. The molecule has 2 atom stereocenters. The number of H-pyrrole nitrogens is 1. The molecule has 1 aliphatic carbocycles. The van der Waals surface area contributed by atoms with E-state index in [0.717, 1.165) is 25.1 Å². The smallest absolute Gasteiger partial charge is 0.293 e. The number of hydrogen-bond acceptors (Lipinski definition) is 4. The van der Waals surface area contributed by atoms with Crippen molar-refractivity contribution in [3.8, 4) is 0 Å². The zero-order chi connectivity index (χ0) is 14.5. The van der Waals surface area contributed by atoms with Crippen molar-refractivity contribution in [3.05, 3.63) is 11.6 Å². The van der Waals surface area contributed by atoms with Crippen LogP contribution in [0.25, 0.3) is 0 Å². The van der Waals surface area contributed by atoms with Gasteiger partial charge >= 0.3 is 0 Å². The molecule has 1 saturated carbocycles. The van der Waals surface area contributed by atoms with Crippen LogP contribution in [0.1, 0.15) is 56.0 Å². The molecule has 6 nitrogen and oxygen atoms in total. The van der Waals surface area contributed by atoms with Crippen molar-refractivity contribution in [2.75, 3.05) is 13.1 Å². The molecule has 0 radical (unpaired) electrons. The Kier molecular flexibility index (Phi) is 5.11. The van der Waals surface area contributed by atoms with Crippen molar-refractivity contribution < 1.29 is 4.79 Å². The molecule has 0 aromatic carbocycles. The second-order valence-corrected chi connectivity index (χ2v) is 5.40. The van der Waals surface area contributed by atoms with Gasteiger partial charge in [0.05, 0.1) is 0 Å². The first-order chi connectivity index (χ1) is 9.71. The van der Waals surface area contributed by atoms with Gasteiger partial charge in [-0.05, 0) is 32.2 Å². The number of aryl methyl sites for hydroxylation is 1. The van der Waals surface area contributed by atoms with Crippen molar-refractivity contribution in [3.63, 3.8) is 0 Å². The molecule has 6 heteroatoms. The maximum atomic E-state index is 12.6. The molecule has 1 aromatic rings. The van der Waals surface area contributed by atoms with Gasteiger partial charge in [0, 0.05) is 19.0 Å². The quantitative estimate of drug-likeness (QED) is 0.851. The summed E-state index contributed by atoms with van der Waals surface area (Å²) in [5.41, 5.74) is 5.88. The monoisotopic (exact) mass is 279 g/mol. The van der Waals surface area contributed by atoms with E-state index in [0.29, 0.717) is 19.0 Å². The van der Waals surface area contributed by atoms with Gasteiger partial charge < -0.3 is 10.6 Å². The first-order valence-electron chi connectivity index (χ1n) is 7.63. The van der Waals surface area contributed by atoms with E-state index >= 15 is 0 Å². The Hall–Kier alpha value is -1.43. The Morgan fingerprint density at radius 1 is 1.40 bits per heavy atom. The lowest BCUT2D eigenvalue weighted by molar-refractivity contribution is 0.0548. The molecular weight excluding hydrogens is 254 g/mol. The summed E-state index contributed by atoms with van der Waals surface area (Å²) in [5.74, 6) is 1.36. The Morgan fingerprint density at radius 2 is 2.15 bits per heavy atom. The Morgan fingerprint density at radius 3 is 2.75 bits per heavy atom. The Labute approximate surface area is 120 Å². The molecule has 0 spiro atoms. The molecule has 1 amide bonds. The molecule has 3 N–H and O–H groups in total. The van der Waals surface area contributed by atoms with Crippen LogP contribution in [0, 0.1) is 5.92 Å². The number of aromatic amines is 1. The topological polar surface area (TPSA) is 87.9 Å². The SMILES string of the molecule is CCc1nc(C(=O)N(CC)C2CCCCC2CN)n[nH]1. The van der Waals surface area contributed by atoms with Crippen LogP contribution in [-0.4, -0.2) is 45.1 Å². The van der Waals surface area contributed by atoms with Gasteiger partial charge in [0.25, 0.3) is 5.91 Å². The standard InChI is InChI=1S/C14H25N5O/c1-3-12-16-13(18-17-12)14(20)19(4-2)11-8-6-5-7-10(11)9-15/h10-11H,3-9,15H2,1-2H3,(H,16,17,18). The van der Waals surface area contributed by atoms with Crippen LogP contribution in [0.5, 0.6) is 0 Å². The van der Waals surface area contributed by atoms with Crippen molar-refractivity contribution >= 4 is 5.91 Å². The molecule has 2 rings (SSSR count). The molecule has 0 bridgehead atoms. The minimum absolute atomic E-state index is 0.0752. The van der Waals surface area contributed by atoms with Gasteiger partial charge in [-0.15, -0.1) is 5.10 Å². The summed E-state index contributed by atoms with van der Waals surface area (Å²) in [6, 6.07) is 0.231. The van der Waals surface area contributed by atoms with Crippen LogP contribution < -0.4 is 5.73 Å². The lowest BCUT2D eigenvalue weighted by Crippen LogP contribution is -2.48.